The third-order valence-corrected chi connectivity index (χ3v) is 2.91. The summed E-state index contributed by atoms with van der Waals surface area (Å²) in [5, 5.41) is 11.5. The van der Waals surface area contributed by atoms with Crippen molar-refractivity contribution in [3.8, 4) is 17.1 Å². The first-order chi connectivity index (χ1) is 9.24. The Hall–Kier alpha value is -2.43. The van der Waals surface area contributed by atoms with Crippen LogP contribution in [-0.2, 0) is 0 Å². The number of aromatic amines is 1. The van der Waals surface area contributed by atoms with Crippen molar-refractivity contribution >= 4 is 0 Å². The molecule has 0 saturated heterocycles. The maximum Gasteiger partial charge on any atom is 0.184 e. The highest BCUT2D eigenvalue weighted by molar-refractivity contribution is 5.53. The minimum Gasteiger partial charge on any atom is -0.262 e. The fourth-order valence-electron chi connectivity index (χ4n) is 1.82. The lowest BCUT2D eigenvalue weighted by Crippen LogP contribution is -1.92. The SMILES string of the molecule is CC(C)c1nc(-c2cnn(-c3ccccc3)c2)n[nH]1. The average molecular weight is 253 g/mol. The molecule has 0 aliphatic rings. The van der Waals surface area contributed by atoms with Crippen molar-refractivity contribution in [1.82, 2.24) is 25.0 Å². The number of aromatic nitrogens is 5. The van der Waals surface area contributed by atoms with Gasteiger partial charge >= 0.3 is 0 Å². The first kappa shape index (κ1) is 11.6. The van der Waals surface area contributed by atoms with Crippen molar-refractivity contribution in [3.05, 3.63) is 48.5 Å². The van der Waals surface area contributed by atoms with Gasteiger partial charge < -0.3 is 0 Å². The number of nitrogens with one attached hydrogen (secondary N) is 1. The van der Waals surface area contributed by atoms with Crippen LogP contribution in [0.15, 0.2) is 42.7 Å². The lowest BCUT2D eigenvalue weighted by molar-refractivity contribution is 0.781. The lowest BCUT2D eigenvalue weighted by Gasteiger charge is -1.98. The second-order valence-electron chi connectivity index (χ2n) is 4.71. The predicted octanol–water partition coefficient (Wildman–Crippen LogP) is 2.78. The molecule has 1 aromatic carbocycles. The third kappa shape index (κ3) is 2.27. The van der Waals surface area contributed by atoms with Crippen LogP contribution in [0.5, 0.6) is 0 Å². The summed E-state index contributed by atoms with van der Waals surface area (Å²) in [4.78, 5) is 4.47. The Labute approximate surface area is 111 Å². The summed E-state index contributed by atoms with van der Waals surface area (Å²) in [5.74, 6) is 1.92. The Balaban J connectivity index is 1.92. The Morgan fingerprint density at radius 3 is 2.63 bits per heavy atom. The van der Waals surface area contributed by atoms with Crippen molar-refractivity contribution in [1.29, 1.82) is 0 Å². The van der Waals surface area contributed by atoms with Crippen LogP contribution < -0.4 is 0 Å². The molecule has 5 heteroatoms. The summed E-state index contributed by atoms with van der Waals surface area (Å²) < 4.78 is 1.82. The number of H-pyrrole nitrogens is 1. The number of hydrogen-bond acceptors (Lipinski definition) is 3. The van der Waals surface area contributed by atoms with E-state index in [1.807, 2.05) is 41.2 Å². The van der Waals surface area contributed by atoms with Crippen LogP contribution in [0.2, 0.25) is 0 Å². The number of benzene rings is 1. The highest BCUT2D eigenvalue weighted by Gasteiger charge is 2.10. The molecule has 0 unspecified atom stereocenters. The fraction of sp³-hybridized carbons (Fsp3) is 0.214. The molecule has 0 aliphatic heterocycles. The summed E-state index contributed by atoms with van der Waals surface area (Å²) in [6.45, 7) is 4.16. The molecule has 0 saturated carbocycles. The summed E-state index contributed by atoms with van der Waals surface area (Å²) in [6.07, 6.45) is 3.71. The van der Waals surface area contributed by atoms with E-state index in [0.717, 1.165) is 17.1 Å². The van der Waals surface area contributed by atoms with Gasteiger partial charge in [0.2, 0.25) is 0 Å². The van der Waals surface area contributed by atoms with Gasteiger partial charge in [0.05, 0.1) is 17.4 Å². The molecular formula is C14H15N5. The molecule has 5 nitrogen and oxygen atoms in total. The lowest BCUT2D eigenvalue weighted by atomic mass is 10.2. The highest BCUT2D eigenvalue weighted by Crippen LogP contribution is 2.18. The first-order valence-corrected chi connectivity index (χ1v) is 6.27. The summed E-state index contributed by atoms with van der Waals surface area (Å²) in [5.41, 5.74) is 1.93. The fourth-order valence-corrected chi connectivity index (χ4v) is 1.82. The molecule has 0 amide bonds. The van der Waals surface area contributed by atoms with E-state index in [-0.39, 0.29) is 0 Å². The minimum absolute atomic E-state index is 0.338. The van der Waals surface area contributed by atoms with Crippen LogP contribution in [0.4, 0.5) is 0 Å². The van der Waals surface area contributed by atoms with Crippen molar-refractivity contribution in [3.63, 3.8) is 0 Å². The minimum atomic E-state index is 0.338. The smallest absolute Gasteiger partial charge is 0.184 e. The van der Waals surface area contributed by atoms with Gasteiger partial charge in [-0.05, 0) is 12.1 Å². The molecule has 96 valence electrons. The zero-order chi connectivity index (χ0) is 13.2. The van der Waals surface area contributed by atoms with E-state index in [9.17, 15) is 0 Å². The second kappa shape index (κ2) is 4.68. The molecule has 0 fully saturated rings. The largest absolute Gasteiger partial charge is 0.262 e. The van der Waals surface area contributed by atoms with Crippen LogP contribution in [0.25, 0.3) is 17.1 Å². The molecule has 0 radical (unpaired) electrons. The van der Waals surface area contributed by atoms with Gasteiger partial charge in [0.25, 0.3) is 0 Å². The molecule has 0 aliphatic carbocycles. The predicted molar refractivity (Wildman–Crippen MR) is 73.0 cm³/mol. The van der Waals surface area contributed by atoms with E-state index in [2.05, 4.69) is 34.1 Å². The summed E-state index contributed by atoms with van der Waals surface area (Å²) in [7, 11) is 0. The second-order valence-corrected chi connectivity index (χ2v) is 4.71. The van der Waals surface area contributed by atoms with E-state index in [1.165, 1.54) is 0 Å². The van der Waals surface area contributed by atoms with Crippen molar-refractivity contribution in [2.24, 2.45) is 0 Å². The van der Waals surface area contributed by atoms with Crippen LogP contribution >= 0.6 is 0 Å². The van der Waals surface area contributed by atoms with Gasteiger partial charge in [-0.1, -0.05) is 32.0 Å². The van der Waals surface area contributed by atoms with Crippen molar-refractivity contribution in [2.45, 2.75) is 19.8 Å². The zero-order valence-corrected chi connectivity index (χ0v) is 10.9. The molecule has 0 atom stereocenters. The third-order valence-electron chi connectivity index (χ3n) is 2.91. The monoisotopic (exact) mass is 253 g/mol. The number of para-hydroxylation sites is 1. The van der Waals surface area contributed by atoms with Crippen LogP contribution in [0, 0.1) is 0 Å². The van der Waals surface area contributed by atoms with Gasteiger partial charge in [-0.15, -0.1) is 0 Å². The quantitative estimate of drug-likeness (QED) is 0.780. The van der Waals surface area contributed by atoms with Crippen LogP contribution in [0.1, 0.15) is 25.6 Å². The van der Waals surface area contributed by atoms with E-state index in [4.69, 9.17) is 0 Å². The van der Waals surface area contributed by atoms with Crippen molar-refractivity contribution in [2.75, 3.05) is 0 Å². The normalized spacial score (nSPS) is 11.1. The Morgan fingerprint density at radius 2 is 1.95 bits per heavy atom. The molecule has 0 spiro atoms. The maximum absolute atomic E-state index is 4.47. The molecule has 19 heavy (non-hydrogen) atoms. The molecular weight excluding hydrogens is 238 g/mol. The van der Waals surface area contributed by atoms with Crippen molar-refractivity contribution < 1.29 is 0 Å². The average Bonchev–Trinajstić information content (AvgIpc) is 3.09. The number of rotatable bonds is 3. The summed E-state index contributed by atoms with van der Waals surface area (Å²) >= 11 is 0. The zero-order valence-electron chi connectivity index (χ0n) is 10.9. The van der Waals surface area contributed by atoms with Gasteiger partial charge in [-0.25, -0.2) is 9.67 Å². The van der Waals surface area contributed by atoms with Crippen LogP contribution in [0.3, 0.4) is 0 Å². The maximum atomic E-state index is 4.47. The van der Waals surface area contributed by atoms with E-state index in [1.54, 1.807) is 6.20 Å². The van der Waals surface area contributed by atoms with Gasteiger partial charge in [0.1, 0.15) is 5.82 Å². The molecule has 2 aromatic heterocycles. The summed E-state index contributed by atoms with van der Waals surface area (Å²) in [6, 6.07) is 9.97. The van der Waals surface area contributed by atoms with E-state index in [0.29, 0.717) is 11.7 Å². The van der Waals surface area contributed by atoms with E-state index < -0.39 is 0 Å². The molecule has 3 aromatic rings. The van der Waals surface area contributed by atoms with Gasteiger partial charge in [0, 0.05) is 12.1 Å². The molecule has 2 heterocycles. The first-order valence-electron chi connectivity index (χ1n) is 6.27. The number of nitrogens with zero attached hydrogens (tertiary/aromatic N) is 4. The molecule has 3 rings (SSSR count). The standard InChI is InChI=1S/C14H15N5/c1-10(2)13-16-14(18-17-13)11-8-15-19(9-11)12-6-4-3-5-7-12/h3-10H,1-2H3,(H,16,17,18). The van der Waals surface area contributed by atoms with Crippen LogP contribution in [-0.4, -0.2) is 25.0 Å². The molecule has 0 bridgehead atoms. The van der Waals surface area contributed by atoms with Gasteiger partial charge in [-0.2, -0.15) is 10.2 Å². The van der Waals surface area contributed by atoms with Gasteiger partial charge in [0.15, 0.2) is 5.82 Å². The topological polar surface area (TPSA) is 59.4 Å². The highest BCUT2D eigenvalue weighted by atomic mass is 15.3. The number of hydrogen-bond donors (Lipinski definition) is 1. The molecule has 1 N–H and O–H groups in total. The Bertz CT molecular complexity index is 666. The Morgan fingerprint density at radius 1 is 1.16 bits per heavy atom. The van der Waals surface area contributed by atoms with E-state index >= 15 is 0 Å². The Kier molecular flexibility index (Phi) is 2.87. The van der Waals surface area contributed by atoms with Gasteiger partial charge in [-0.3, -0.25) is 5.10 Å².